The van der Waals surface area contributed by atoms with Crippen molar-refractivity contribution in [2.24, 2.45) is 10.7 Å². The van der Waals surface area contributed by atoms with Gasteiger partial charge in [0.1, 0.15) is 0 Å². The molecule has 0 aliphatic rings. The number of carbonyl (C=O) groups excluding carboxylic acids is 1. The van der Waals surface area contributed by atoms with Crippen molar-refractivity contribution in [2.45, 2.75) is 32.2 Å². The number of aryl methyl sites for hydroxylation is 1. The first-order valence-corrected chi connectivity index (χ1v) is 11.8. The number of nitrogens with two attached hydrogens (primary N) is 1. The molecule has 190 valence electrons. The summed E-state index contributed by atoms with van der Waals surface area (Å²) >= 11 is 0. The zero-order valence-corrected chi connectivity index (χ0v) is 20.9. The van der Waals surface area contributed by atoms with Crippen LogP contribution in [0.1, 0.15) is 52.9 Å². The van der Waals surface area contributed by atoms with E-state index in [1.807, 2.05) is 62.4 Å². The van der Waals surface area contributed by atoms with E-state index in [9.17, 15) is 14.7 Å². The maximum absolute atomic E-state index is 12.0. The van der Waals surface area contributed by atoms with Crippen LogP contribution in [0.2, 0.25) is 0 Å². The molecule has 8 heteroatoms. The lowest BCUT2D eigenvalue weighted by Gasteiger charge is -2.19. The quantitative estimate of drug-likeness (QED) is 0.198. The van der Waals surface area contributed by atoms with E-state index in [1.54, 1.807) is 18.2 Å². The minimum Gasteiger partial charge on any atom is -0.494 e. The zero-order chi connectivity index (χ0) is 26.7. The Morgan fingerprint density at radius 3 is 2.24 bits per heavy atom. The van der Waals surface area contributed by atoms with E-state index in [2.05, 4.69) is 4.98 Å². The second-order valence-electron chi connectivity index (χ2n) is 9.42. The molecule has 0 aliphatic heterocycles. The number of hydrogen-bond donors (Lipinski definition) is 4. The molecule has 0 amide bonds. The minimum atomic E-state index is -0.856. The molecular formula is C29H29N3O5. The van der Waals surface area contributed by atoms with Gasteiger partial charge in [-0.25, -0.2) is 9.79 Å². The Labute approximate surface area is 214 Å². The fraction of sp³-hybridized carbons (Fsp3) is 0.207. The standard InChI is InChI=1S/C29H29N3O5/c1-29(2,30)20-10-12-21(13-11-20)31-26(18-7-4-17(5-8-18)6-15-24(33)34)25-22-14-9-19(28(36)37-3)16-23(22)32-27(25)35/h4-5,7-14,16,32,35H,6,15,30H2,1-3H3,(H,33,34). The molecule has 4 rings (SSSR count). The summed E-state index contributed by atoms with van der Waals surface area (Å²) in [6, 6.07) is 20.0. The van der Waals surface area contributed by atoms with Gasteiger partial charge in [-0.15, -0.1) is 0 Å². The highest BCUT2D eigenvalue weighted by atomic mass is 16.5. The molecule has 37 heavy (non-hydrogen) atoms. The second-order valence-corrected chi connectivity index (χ2v) is 9.42. The largest absolute Gasteiger partial charge is 0.494 e. The molecule has 0 unspecified atom stereocenters. The summed E-state index contributed by atoms with van der Waals surface area (Å²) in [5.74, 6) is -1.43. The van der Waals surface area contributed by atoms with Crippen molar-refractivity contribution in [3.05, 3.63) is 94.5 Å². The van der Waals surface area contributed by atoms with Crippen LogP contribution in [-0.4, -0.2) is 40.0 Å². The van der Waals surface area contributed by atoms with Crippen LogP contribution in [0.5, 0.6) is 5.88 Å². The van der Waals surface area contributed by atoms with Gasteiger partial charge in [0.15, 0.2) is 5.88 Å². The Morgan fingerprint density at radius 1 is 1.00 bits per heavy atom. The van der Waals surface area contributed by atoms with E-state index in [0.29, 0.717) is 39.8 Å². The van der Waals surface area contributed by atoms with Gasteiger partial charge in [-0.3, -0.25) is 4.79 Å². The molecule has 1 aromatic heterocycles. The number of aromatic amines is 1. The van der Waals surface area contributed by atoms with Gasteiger partial charge >= 0.3 is 11.9 Å². The Hall–Kier alpha value is -4.43. The fourth-order valence-corrected chi connectivity index (χ4v) is 4.11. The van der Waals surface area contributed by atoms with Crippen LogP contribution in [0.25, 0.3) is 10.9 Å². The Bertz CT molecular complexity index is 1480. The van der Waals surface area contributed by atoms with E-state index in [4.69, 9.17) is 20.6 Å². The van der Waals surface area contributed by atoms with Crippen molar-refractivity contribution in [2.75, 3.05) is 7.11 Å². The number of hydrogen-bond acceptors (Lipinski definition) is 6. The minimum absolute atomic E-state index is 0.0376. The molecule has 0 radical (unpaired) electrons. The number of ether oxygens (including phenoxy) is 1. The van der Waals surface area contributed by atoms with Gasteiger partial charge in [-0.05, 0) is 55.7 Å². The number of methoxy groups -OCH3 is 1. The van der Waals surface area contributed by atoms with Gasteiger partial charge < -0.3 is 25.7 Å². The first-order chi connectivity index (χ1) is 17.6. The van der Waals surface area contributed by atoms with Crippen molar-refractivity contribution in [3.63, 3.8) is 0 Å². The number of aliphatic carboxylic acids is 1. The zero-order valence-electron chi connectivity index (χ0n) is 20.9. The predicted molar refractivity (Wildman–Crippen MR) is 143 cm³/mol. The molecule has 0 saturated heterocycles. The van der Waals surface area contributed by atoms with Crippen molar-refractivity contribution < 1.29 is 24.5 Å². The number of carbonyl (C=O) groups is 2. The first-order valence-electron chi connectivity index (χ1n) is 11.8. The molecule has 8 nitrogen and oxygen atoms in total. The molecule has 0 bridgehead atoms. The lowest BCUT2D eigenvalue weighted by atomic mass is 9.95. The van der Waals surface area contributed by atoms with Crippen LogP contribution in [0.4, 0.5) is 5.69 Å². The lowest BCUT2D eigenvalue weighted by molar-refractivity contribution is -0.136. The van der Waals surface area contributed by atoms with Crippen molar-refractivity contribution >= 4 is 34.2 Å². The number of aliphatic imine (C=N–C) groups is 1. The number of H-pyrrole nitrogens is 1. The summed E-state index contributed by atoms with van der Waals surface area (Å²) in [5, 5.41) is 20.6. The second kappa shape index (κ2) is 10.3. The topological polar surface area (TPSA) is 138 Å². The average molecular weight is 500 g/mol. The maximum atomic E-state index is 12.0. The van der Waals surface area contributed by atoms with E-state index in [1.165, 1.54) is 7.11 Å². The number of rotatable bonds is 8. The Balaban J connectivity index is 1.84. The van der Waals surface area contributed by atoms with Gasteiger partial charge in [-0.2, -0.15) is 0 Å². The molecule has 0 atom stereocenters. The number of benzene rings is 3. The average Bonchev–Trinajstić information content (AvgIpc) is 3.20. The van der Waals surface area contributed by atoms with Crippen LogP contribution in [0.15, 0.2) is 71.7 Å². The third-order valence-electron chi connectivity index (χ3n) is 6.14. The number of carboxylic acid groups (broad SMARTS) is 1. The normalized spacial score (nSPS) is 12.1. The van der Waals surface area contributed by atoms with Crippen molar-refractivity contribution in [1.29, 1.82) is 0 Å². The summed E-state index contributed by atoms with van der Waals surface area (Å²) < 4.78 is 4.81. The number of nitrogens with one attached hydrogen (secondary N) is 1. The highest BCUT2D eigenvalue weighted by Crippen LogP contribution is 2.33. The van der Waals surface area contributed by atoms with Crippen molar-refractivity contribution in [1.82, 2.24) is 4.98 Å². The van der Waals surface area contributed by atoms with E-state index in [-0.39, 0.29) is 12.3 Å². The molecule has 0 aliphatic carbocycles. The maximum Gasteiger partial charge on any atom is 0.337 e. The third kappa shape index (κ3) is 5.70. The summed E-state index contributed by atoms with van der Waals surface area (Å²) in [4.78, 5) is 30.8. The molecule has 0 fully saturated rings. The summed E-state index contributed by atoms with van der Waals surface area (Å²) in [6.07, 6.45) is 0.447. The number of esters is 1. The number of fused-ring (bicyclic) bond motifs is 1. The third-order valence-corrected chi connectivity index (χ3v) is 6.14. The fourth-order valence-electron chi connectivity index (χ4n) is 4.11. The summed E-state index contributed by atoms with van der Waals surface area (Å²) in [5.41, 5.74) is 10.9. The van der Waals surface area contributed by atoms with E-state index >= 15 is 0 Å². The smallest absolute Gasteiger partial charge is 0.337 e. The van der Waals surface area contributed by atoms with Crippen LogP contribution in [0.3, 0.4) is 0 Å². The molecule has 0 saturated carbocycles. The van der Waals surface area contributed by atoms with Gasteiger partial charge in [0.05, 0.1) is 29.6 Å². The first kappa shape index (κ1) is 25.7. The van der Waals surface area contributed by atoms with Gasteiger partial charge in [0, 0.05) is 28.4 Å². The molecule has 5 N–H and O–H groups in total. The number of aromatic hydroxyl groups is 1. The predicted octanol–water partition coefficient (Wildman–Crippen LogP) is 5.04. The monoisotopic (exact) mass is 499 g/mol. The summed E-state index contributed by atoms with van der Waals surface area (Å²) in [7, 11) is 1.31. The highest BCUT2D eigenvalue weighted by molar-refractivity contribution is 6.22. The lowest BCUT2D eigenvalue weighted by Crippen LogP contribution is -2.28. The molecular weight excluding hydrogens is 470 g/mol. The molecule has 0 spiro atoms. The van der Waals surface area contributed by atoms with Crippen LogP contribution < -0.4 is 5.73 Å². The Morgan fingerprint density at radius 2 is 1.65 bits per heavy atom. The number of aromatic nitrogens is 1. The van der Waals surface area contributed by atoms with Gasteiger partial charge in [-0.1, -0.05) is 42.5 Å². The molecule has 4 aromatic rings. The SMILES string of the molecule is COC(=O)c1ccc2c(C(=Nc3ccc(C(C)(C)N)cc3)c3ccc(CCC(=O)O)cc3)c(O)[nH]c2c1. The van der Waals surface area contributed by atoms with Crippen LogP contribution in [-0.2, 0) is 21.5 Å². The van der Waals surface area contributed by atoms with Crippen molar-refractivity contribution in [3.8, 4) is 5.88 Å². The van der Waals surface area contributed by atoms with Gasteiger partial charge in [0.2, 0.25) is 0 Å². The van der Waals surface area contributed by atoms with E-state index < -0.39 is 17.5 Å². The molecule has 3 aromatic carbocycles. The van der Waals surface area contributed by atoms with Crippen LogP contribution in [0, 0.1) is 0 Å². The highest BCUT2D eigenvalue weighted by Gasteiger charge is 2.20. The number of carboxylic acids is 1. The van der Waals surface area contributed by atoms with E-state index in [0.717, 1.165) is 16.7 Å². The molecule has 1 heterocycles. The number of nitrogens with zero attached hydrogens (tertiary/aromatic N) is 1. The van der Waals surface area contributed by atoms with Gasteiger partial charge in [0.25, 0.3) is 0 Å². The van der Waals surface area contributed by atoms with Crippen LogP contribution >= 0.6 is 0 Å². The summed E-state index contributed by atoms with van der Waals surface area (Å²) in [6.45, 7) is 3.85. The Kier molecular flexibility index (Phi) is 7.13.